The second kappa shape index (κ2) is 9.59. The van der Waals surface area contributed by atoms with Crippen LogP contribution in [-0.4, -0.2) is 93.4 Å². The van der Waals surface area contributed by atoms with E-state index in [0.717, 1.165) is 25.9 Å². The van der Waals surface area contributed by atoms with Crippen LogP contribution in [0.5, 0.6) is 0 Å². The summed E-state index contributed by atoms with van der Waals surface area (Å²) in [6.45, 7) is 15.6. The van der Waals surface area contributed by atoms with E-state index in [4.69, 9.17) is 9.47 Å². The van der Waals surface area contributed by atoms with Crippen molar-refractivity contribution in [3.63, 3.8) is 0 Å². The molecule has 2 heterocycles. The van der Waals surface area contributed by atoms with Crippen LogP contribution in [0, 0.1) is 16.7 Å². The molecule has 9 heteroatoms. The molecular weight excluding hydrogens is 476 g/mol. The van der Waals surface area contributed by atoms with Gasteiger partial charge in [-0.3, -0.25) is 4.79 Å². The first-order valence-corrected chi connectivity index (χ1v) is 13.8. The summed E-state index contributed by atoms with van der Waals surface area (Å²) in [4.78, 5) is 29.2. The van der Waals surface area contributed by atoms with Crippen molar-refractivity contribution in [1.82, 2.24) is 10.2 Å². The molecule has 210 valence electrons. The summed E-state index contributed by atoms with van der Waals surface area (Å²) in [5.74, 6) is -1.26. The van der Waals surface area contributed by atoms with E-state index in [9.17, 15) is 24.9 Å². The van der Waals surface area contributed by atoms with Crippen LogP contribution in [0.3, 0.4) is 0 Å². The Bertz CT molecular complexity index is 920. The molecule has 2 saturated heterocycles. The fraction of sp³-hybridized carbons (Fsp3) is 0.857. The van der Waals surface area contributed by atoms with Crippen LogP contribution in [0.2, 0.25) is 0 Å². The van der Waals surface area contributed by atoms with Gasteiger partial charge in [0.15, 0.2) is 17.5 Å². The van der Waals surface area contributed by atoms with Crippen molar-refractivity contribution in [3.05, 3.63) is 12.7 Å². The number of alkyl carbamates (subject to hydrolysis) is 1. The molecule has 4 fully saturated rings. The molecule has 4 rings (SSSR count). The molecule has 9 nitrogen and oxygen atoms in total. The zero-order chi connectivity index (χ0) is 27.4. The summed E-state index contributed by atoms with van der Waals surface area (Å²) < 4.78 is 12.3. The van der Waals surface area contributed by atoms with E-state index in [0.29, 0.717) is 25.9 Å². The summed E-state index contributed by atoms with van der Waals surface area (Å²) in [6, 6.07) is 0. The lowest BCUT2D eigenvalue weighted by molar-refractivity contribution is -0.369. The van der Waals surface area contributed by atoms with Gasteiger partial charge in [0.2, 0.25) is 0 Å². The summed E-state index contributed by atoms with van der Waals surface area (Å²) >= 11 is 0. The van der Waals surface area contributed by atoms with Crippen molar-refractivity contribution in [3.8, 4) is 0 Å². The predicted molar refractivity (Wildman–Crippen MR) is 138 cm³/mol. The third-order valence-electron chi connectivity index (χ3n) is 10.1. The molecule has 2 saturated carbocycles. The number of hydrogen-bond donors (Lipinski definition) is 4. The highest BCUT2D eigenvalue weighted by atomic mass is 16.6. The van der Waals surface area contributed by atoms with Gasteiger partial charge in [0.25, 0.3) is 0 Å². The average Bonchev–Trinajstić information content (AvgIpc) is 2.83. The maximum Gasteiger partial charge on any atom is 0.407 e. The number of hydrogen-bond acceptors (Lipinski definition) is 8. The number of ether oxygens (including phenoxy) is 2. The highest BCUT2D eigenvalue weighted by Gasteiger charge is 2.81. The van der Waals surface area contributed by atoms with Gasteiger partial charge in [-0.15, -0.1) is 6.58 Å². The highest BCUT2D eigenvalue weighted by Crippen LogP contribution is 2.67. The number of Topliss-reactive ketones (excluding diaryl/α,β-unsaturated/α-hetero) is 1. The Morgan fingerprint density at radius 3 is 2.46 bits per heavy atom. The number of ketones is 1. The van der Waals surface area contributed by atoms with E-state index in [1.54, 1.807) is 13.8 Å². The molecule has 4 aliphatic rings. The van der Waals surface area contributed by atoms with Gasteiger partial charge in [0.1, 0.15) is 5.60 Å². The number of aliphatic hydroxyl groups excluding tert-OH is 2. The molecule has 37 heavy (non-hydrogen) atoms. The second-order valence-corrected chi connectivity index (χ2v) is 13.0. The minimum Gasteiger partial charge on any atom is -0.440 e. The van der Waals surface area contributed by atoms with Gasteiger partial charge in [0.05, 0.1) is 17.8 Å². The van der Waals surface area contributed by atoms with Crippen LogP contribution in [0.25, 0.3) is 0 Å². The molecule has 2 aliphatic heterocycles. The number of fused-ring (bicyclic) bond motifs is 3. The third-order valence-corrected chi connectivity index (χ3v) is 10.1. The van der Waals surface area contributed by atoms with Crippen molar-refractivity contribution in [2.45, 2.75) is 108 Å². The Labute approximate surface area is 220 Å². The van der Waals surface area contributed by atoms with Crippen molar-refractivity contribution in [2.24, 2.45) is 16.7 Å². The smallest absolute Gasteiger partial charge is 0.407 e. The van der Waals surface area contributed by atoms with Crippen molar-refractivity contribution < 1.29 is 34.4 Å². The maximum atomic E-state index is 13.9. The first kappa shape index (κ1) is 28.5. The monoisotopic (exact) mass is 522 g/mol. The Hall–Kier alpha value is -1.52. The standard InChI is InChI=1S/C28H46N2O7/c1-7-25(4)17-19(32)28(35)26(5)18(31)11-12-24(2,3)21(26)20(33)22(27(28,6)37-25)36-23(34)29-13-16-30-14-9-8-10-15-30/h7,18,20-22,31,33,35H,1,8-17H2,2-6H3,(H,29,34). The number of amides is 1. The predicted octanol–water partition coefficient (Wildman–Crippen LogP) is 2.17. The Morgan fingerprint density at radius 1 is 1.19 bits per heavy atom. The first-order valence-electron chi connectivity index (χ1n) is 13.8. The van der Waals surface area contributed by atoms with E-state index in [1.165, 1.54) is 19.4 Å². The normalized spacial score (nSPS) is 45.9. The minimum absolute atomic E-state index is 0.150. The summed E-state index contributed by atoms with van der Waals surface area (Å²) in [5, 5.41) is 38.4. The van der Waals surface area contributed by atoms with Gasteiger partial charge >= 0.3 is 6.09 Å². The lowest BCUT2D eigenvalue weighted by Gasteiger charge is -2.71. The van der Waals surface area contributed by atoms with E-state index in [2.05, 4.69) is 16.8 Å². The van der Waals surface area contributed by atoms with Gasteiger partial charge < -0.3 is 35.0 Å². The number of likely N-dealkylation sites (tertiary alicyclic amines) is 1. The number of carbonyl (C=O) groups is 2. The van der Waals surface area contributed by atoms with Crippen LogP contribution in [0.15, 0.2) is 12.7 Å². The summed E-state index contributed by atoms with van der Waals surface area (Å²) in [6.07, 6.45) is 1.32. The van der Waals surface area contributed by atoms with Crippen molar-refractivity contribution >= 4 is 11.9 Å². The third kappa shape index (κ3) is 4.25. The number of nitrogens with one attached hydrogen (secondary N) is 1. The number of nitrogens with zero attached hydrogens (tertiary/aromatic N) is 1. The molecule has 0 bridgehead atoms. The SMILES string of the molecule is C=CC1(C)CC(=O)C2(O)C(C)(O1)C(OC(=O)NCCN1CCCCC1)C(O)C1C(C)(C)CCC(O)C12C. The minimum atomic E-state index is -2.22. The average molecular weight is 523 g/mol. The van der Waals surface area contributed by atoms with Crippen LogP contribution in [0.4, 0.5) is 4.79 Å². The Morgan fingerprint density at radius 2 is 1.84 bits per heavy atom. The van der Waals surface area contributed by atoms with Crippen LogP contribution in [0.1, 0.15) is 73.1 Å². The summed E-state index contributed by atoms with van der Waals surface area (Å²) in [5.41, 5.74) is -7.21. The van der Waals surface area contributed by atoms with E-state index in [-0.39, 0.29) is 6.42 Å². The Balaban J connectivity index is 1.69. The largest absolute Gasteiger partial charge is 0.440 e. The number of carbonyl (C=O) groups excluding carboxylic acids is 2. The number of rotatable bonds is 5. The molecule has 1 amide bonds. The number of piperidine rings is 1. The zero-order valence-electron chi connectivity index (χ0n) is 23.1. The first-order chi connectivity index (χ1) is 17.2. The lowest BCUT2D eigenvalue weighted by Crippen LogP contribution is -2.86. The maximum absolute atomic E-state index is 13.9. The topological polar surface area (TPSA) is 129 Å². The highest BCUT2D eigenvalue weighted by molar-refractivity contribution is 5.92. The summed E-state index contributed by atoms with van der Waals surface area (Å²) in [7, 11) is 0. The van der Waals surface area contributed by atoms with Crippen LogP contribution >= 0.6 is 0 Å². The fourth-order valence-electron chi connectivity index (χ4n) is 8.14. The van der Waals surface area contributed by atoms with E-state index in [1.807, 2.05) is 13.8 Å². The number of aliphatic hydroxyl groups is 3. The molecule has 4 N–H and O–H groups in total. The van der Waals surface area contributed by atoms with Crippen LogP contribution < -0.4 is 5.32 Å². The molecule has 8 atom stereocenters. The van der Waals surface area contributed by atoms with E-state index < -0.39 is 63.7 Å². The molecular formula is C28H46N2O7. The van der Waals surface area contributed by atoms with Crippen molar-refractivity contribution in [2.75, 3.05) is 26.2 Å². The Kier molecular flexibility index (Phi) is 7.38. The molecule has 0 spiro atoms. The molecule has 0 aromatic heterocycles. The van der Waals surface area contributed by atoms with Crippen LogP contribution in [-0.2, 0) is 14.3 Å². The van der Waals surface area contributed by atoms with Crippen molar-refractivity contribution in [1.29, 1.82) is 0 Å². The fourth-order valence-corrected chi connectivity index (χ4v) is 8.14. The lowest BCUT2D eigenvalue weighted by atomic mass is 9.40. The molecule has 0 aromatic carbocycles. The van der Waals surface area contributed by atoms with Gasteiger partial charge in [-0.1, -0.05) is 33.3 Å². The molecule has 0 radical (unpaired) electrons. The van der Waals surface area contributed by atoms with Gasteiger partial charge in [-0.25, -0.2) is 4.79 Å². The molecule has 2 aliphatic carbocycles. The zero-order valence-corrected chi connectivity index (χ0v) is 23.1. The quantitative estimate of drug-likeness (QED) is 0.405. The molecule has 0 aromatic rings. The molecule has 8 unspecified atom stereocenters. The van der Waals surface area contributed by atoms with Gasteiger partial charge in [-0.05, 0) is 58.0 Å². The second-order valence-electron chi connectivity index (χ2n) is 13.0. The van der Waals surface area contributed by atoms with E-state index >= 15 is 0 Å². The van der Waals surface area contributed by atoms with Gasteiger partial charge in [-0.2, -0.15) is 0 Å². The van der Waals surface area contributed by atoms with Gasteiger partial charge in [0, 0.05) is 30.8 Å².